The Kier molecular flexibility index (Phi) is 6.18. The molecule has 2 rings (SSSR count). The van der Waals surface area contributed by atoms with E-state index in [1.165, 1.54) is 31.2 Å². The van der Waals surface area contributed by atoms with Crippen molar-refractivity contribution in [2.45, 2.75) is 51.5 Å². The predicted octanol–water partition coefficient (Wildman–Crippen LogP) is 4.45. The molecular weight excluding hydrogens is 270 g/mol. The summed E-state index contributed by atoms with van der Waals surface area (Å²) in [5.74, 6) is 1.80. The summed E-state index contributed by atoms with van der Waals surface area (Å²) in [4.78, 5) is 0. The predicted molar refractivity (Wildman–Crippen MR) is 85.7 cm³/mol. The maximum atomic E-state index is 6.11. The number of aryl methyl sites for hydroxylation is 1. The van der Waals surface area contributed by atoms with Crippen molar-refractivity contribution in [2.24, 2.45) is 5.92 Å². The summed E-state index contributed by atoms with van der Waals surface area (Å²) < 4.78 is 5.44. The first-order valence-electron chi connectivity index (χ1n) is 7.80. The van der Waals surface area contributed by atoms with Crippen LogP contribution in [0.2, 0.25) is 5.02 Å². The van der Waals surface area contributed by atoms with E-state index < -0.39 is 0 Å². The molecule has 0 saturated heterocycles. The van der Waals surface area contributed by atoms with Gasteiger partial charge >= 0.3 is 0 Å². The molecule has 0 bridgehead atoms. The molecule has 0 spiro atoms. The van der Waals surface area contributed by atoms with E-state index in [-0.39, 0.29) is 0 Å². The smallest absolute Gasteiger partial charge is 0.122 e. The Balaban J connectivity index is 1.99. The van der Waals surface area contributed by atoms with Crippen LogP contribution in [0, 0.1) is 5.92 Å². The van der Waals surface area contributed by atoms with Crippen LogP contribution in [0.15, 0.2) is 18.2 Å². The van der Waals surface area contributed by atoms with Crippen LogP contribution in [0.4, 0.5) is 0 Å². The lowest BCUT2D eigenvalue weighted by Crippen LogP contribution is -2.35. The first kappa shape index (κ1) is 15.7. The van der Waals surface area contributed by atoms with Crippen LogP contribution in [-0.2, 0) is 6.42 Å². The molecule has 1 aliphatic carbocycles. The number of benzene rings is 1. The average Bonchev–Trinajstić information content (AvgIpc) is 2.97. The van der Waals surface area contributed by atoms with Gasteiger partial charge in [-0.05, 0) is 61.9 Å². The molecule has 0 heterocycles. The molecule has 112 valence electrons. The maximum absolute atomic E-state index is 6.11. The maximum Gasteiger partial charge on any atom is 0.122 e. The second kappa shape index (κ2) is 7.90. The third kappa shape index (κ3) is 4.13. The molecule has 1 saturated carbocycles. The molecular formula is C17H26ClNO. The minimum Gasteiger partial charge on any atom is -0.496 e. The van der Waals surface area contributed by atoms with E-state index in [0.717, 1.165) is 36.1 Å². The Bertz CT molecular complexity index is 415. The fraction of sp³-hybridized carbons (Fsp3) is 0.647. The first-order chi connectivity index (χ1) is 9.74. The number of nitrogens with one attached hydrogen (secondary N) is 1. The van der Waals surface area contributed by atoms with Gasteiger partial charge in [-0.1, -0.05) is 31.4 Å². The fourth-order valence-corrected chi connectivity index (χ4v) is 3.57. The summed E-state index contributed by atoms with van der Waals surface area (Å²) in [6.45, 7) is 3.25. The summed E-state index contributed by atoms with van der Waals surface area (Å²) in [7, 11) is 1.73. The van der Waals surface area contributed by atoms with Crippen molar-refractivity contribution in [1.82, 2.24) is 5.32 Å². The second-order valence-electron chi connectivity index (χ2n) is 5.70. The molecule has 3 heteroatoms. The van der Waals surface area contributed by atoms with Crippen molar-refractivity contribution in [3.8, 4) is 5.75 Å². The van der Waals surface area contributed by atoms with Crippen LogP contribution in [0.25, 0.3) is 0 Å². The fourth-order valence-electron chi connectivity index (χ4n) is 3.38. The number of halogens is 1. The van der Waals surface area contributed by atoms with Gasteiger partial charge in [-0.2, -0.15) is 0 Å². The zero-order chi connectivity index (χ0) is 14.4. The van der Waals surface area contributed by atoms with E-state index in [1.807, 2.05) is 18.2 Å². The quantitative estimate of drug-likeness (QED) is 0.802. The number of ether oxygens (including phenoxy) is 1. The van der Waals surface area contributed by atoms with E-state index in [9.17, 15) is 0 Å². The number of hydrogen-bond donors (Lipinski definition) is 1. The van der Waals surface area contributed by atoms with E-state index >= 15 is 0 Å². The zero-order valence-corrected chi connectivity index (χ0v) is 13.4. The van der Waals surface area contributed by atoms with Gasteiger partial charge in [0.25, 0.3) is 0 Å². The van der Waals surface area contributed by atoms with Gasteiger partial charge in [-0.25, -0.2) is 0 Å². The van der Waals surface area contributed by atoms with Crippen LogP contribution in [-0.4, -0.2) is 19.7 Å². The molecule has 1 aliphatic rings. The SMILES string of the molecule is CCNC(CCc1cc(Cl)ccc1OC)C1CCCC1. The normalized spacial score (nSPS) is 17.4. The lowest BCUT2D eigenvalue weighted by Gasteiger charge is -2.24. The van der Waals surface area contributed by atoms with E-state index in [1.54, 1.807) is 7.11 Å². The second-order valence-corrected chi connectivity index (χ2v) is 6.14. The van der Waals surface area contributed by atoms with E-state index in [0.29, 0.717) is 6.04 Å². The molecule has 1 aromatic carbocycles. The minimum absolute atomic E-state index is 0.631. The highest BCUT2D eigenvalue weighted by atomic mass is 35.5. The highest BCUT2D eigenvalue weighted by molar-refractivity contribution is 6.30. The van der Waals surface area contributed by atoms with Crippen molar-refractivity contribution in [3.63, 3.8) is 0 Å². The minimum atomic E-state index is 0.631. The molecule has 0 radical (unpaired) electrons. The van der Waals surface area contributed by atoms with E-state index in [4.69, 9.17) is 16.3 Å². The summed E-state index contributed by atoms with van der Waals surface area (Å²) in [5.41, 5.74) is 1.22. The van der Waals surface area contributed by atoms with Gasteiger partial charge in [-0.15, -0.1) is 0 Å². The molecule has 0 aromatic heterocycles. The Morgan fingerprint density at radius 3 is 2.75 bits per heavy atom. The molecule has 2 nitrogen and oxygen atoms in total. The molecule has 20 heavy (non-hydrogen) atoms. The molecule has 0 amide bonds. The lowest BCUT2D eigenvalue weighted by atomic mass is 9.92. The highest BCUT2D eigenvalue weighted by Gasteiger charge is 2.24. The van der Waals surface area contributed by atoms with Crippen LogP contribution in [0.1, 0.15) is 44.6 Å². The molecule has 1 aromatic rings. The monoisotopic (exact) mass is 295 g/mol. The molecule has 0 aliphatic heterocycles. The Hall–Kier alpha value is -0.730. The molecule has 1 N–H and O–H groups in total. The van der Waals surface area contributed by atoms with Crippen molar-refractivity contribution in [3.05, 3.63) is 28.8 Å². The van der Waals surface area contributed by atoms with E-state index in [2.05, 4.69) is 12.2 Å². The average molecular weight is 296 g/mol. The van der Waals surface area contributed by atoms with Gasteiger partial charge in [0, 0.05) is 11.1 Å². The van der Waals surface area contributed by atoms with Gasteiger partial charge < -0.3 is 10.1 Å². The topological polar surface area (TPSA) is 21.3 Å². The zero-order valence-electron chi connectivity index (χ0n) is 12.6. The number of hydrogen-bond acceptors (Lipinski definition) is 2. The van der Waals surface area contributed by atoms with Crippen LogP contribution in [0.5, 0.6) is 5.75 Å². The van der Waals surface area contributed by atoms with Crippen LogP contribution in [0.3, 0.4) is 0 Å². The summed E-state index contributed by atoms with van der Waals surface area (Å²) in [5, 5.41) is 4.47. The third-order valence-corrected chi connectivity index (χ3v) is 4.64. The Labute approximate surface area is 127 Å². The molecule has 1 fully saturated rings. The molecule has 1 atom stereocenters. The number of rotatable bonds is 7. The summed E-state index contributed by atoms with van der Waals surface area (Å²) in [6, 6.07) is 6.53. The Morgan fingerprint density at radius 1 is 1.35 bits per heavy atom. The number of methoxy groups -OCH3 is 1. The summed E-state index contributed by atoms with van der Waals surface area (Å²) in [6.07, 6.45) is 7.74. The van der Waals surface area contributed by atoms with Crippen LogP contribution >= 0.6 is 11.6 Å². The standard InChI is InChI=1S/C17H26ClNO/c1-3-19-16(13-6-4-5-7-13)10-8-14-12-15(18)9-11-17(14)20-2/h9,11-13,16,19H,3-8,10H2,1-2H3. The summed E-state index contributed by atoms with van der Waals surface area (Å²) >= 11 is 6.11. The van der Waals surface area contributed by atoms with Crippen molar-refractivity contribution < 1.29 is 4.74 Å². The molecule has 1 unspecified atom stereocenters. The first-order valence-corrected chi connectivity index (χ1v) is 8.18. The highest BCUT2D eigenvalue weighted by Crippen LogP contribution is 2.31. The Morgan fingerprint density at radius 2 is 2.10 bits per heavy atom. The van der Waals surface area contributed by atoms with Crippen molar-refractivity contribution >= 4 is 11.6 Å². The van der Waals surface area contributed by atoms with Gasteiger partial charge in [0.05, 0.1) is 7.11 Å². The van der Waals surface area contributed by atoms with Crippen molar-refractivity contribution in [2.75, 3.05) is 13.7 Å². The van der Waals surface area contributed by atoms with Crippen LogP contribution < -0.4 is 10.1 Å². The van der Waals surface area contributed by atoms with Gasteiger partial charge in [0.1, 0.15) is 5.75 Å². The van der Waals surface area contributed by atoms with Gasteiger partial charge in [0.15, 0.2) is 0 Å². The van der Waals surface area contributed by atoms with Gasteiger partial charge in [-0.3, -0.25) is 0 Å². The van der Waals surface area contributed by atoms with Crippen molar-refractivity contribution in [1.29, 1.82) is 0 Å². The van der Waals surface area contributed by atoms with Gasteiger partial charge in [0.2, 0.25) is 0 Å². The lowest BCUT2D eigenvalue weighted by molar-refractivity contribution is 0.343. The largest absolute Gasteiger partial charge is 0.496 e. The third-order valence-electron chi connectivity index (χ3n) is 4.40.